The van der Waals surface area contributed by atoms with Crippen molar-refractivity contribution >= 4 is 0 Å². The lowest BCUT2D eigenvalue weighted by Gasteiger charge is -2.36. The van der Waals surface area contributed by atoms with Gasteiger partial charge in [0.25, 0.3) is 0 Å². The summed E-state index contributed by atoms with van der Waals surface area (Å²) < 4.78 is 11.5. The summed E-state index contributed by atoms with van der Waals surface area (Å²) in [5, 5.41) is 10.3. The van der Waals surface area contributed by atoms with Crippen LogP contribution in [0, 0.1) is 0 Å². The molecule has 0 amide bonds. The van der Waals surface area contributed by atoms with Crippen LogP contribution in [0.15, 0.2) is 24.3 Å². The molecule has 1 heterocycles. The number of β-amino-alcohol motifs (C(OH)–C–C–N with tert-alkyl or cyclic N) is 1. The van der Waals surface area contributed by atoms with Crippen LogP contribution < -0.4 is 4.74 Å². The third kappa shape index (κ3) is 5.70. The van der Waals surface area contributed by atoms with E-state index in [2.05, 4.69) is 43.0 Å². The quantitative estimate of drug-likeness (QED) is 0.854. The summed E-state index contributed by atoms with van der Waals surface area (Å²) in [6.07, 6.45) is 6.70. The minimum absolute atomic E-state index is 0.226. The number of ether oxygens (including phenoxy) is 2. The molecule has 0 radical (unpaired) electrons. The maximum atomic E-state index is 10.3. The van der Waals surface area contributed by atoms with Crippen LogP contribution in [0.5, 0.6) is 5.75 Å². The van der Waals surface area contributed by atoms with Gasteiger partial charge in [-0.15, -0.1) is 0 Å². The Morgan fingerprint density at radius 3 is 2.36 bits per heavy atom. The molecule has 1 saturated carbocycles. The molecule has 1 aromatic carbocycles. The topological polar surface area (TPSA) is 41.9 Å². The third-order valence-corrected chi connectivity index (χ3v) is 5.36. The average molecular weight is 347 g/mol. The second-order valence-electron chi connectivity index (χ2n) is 7.84. The van der Waals surface area contributed by atoms with Crippen LogP contribution in [0.4, 0.5) is 0 Å². The maximum Gasteiger partial charge on any atom is 0.119 e. The van der Waals surface area contributed by atoms with Gasteiger partial charge < -0.3 is 14.6 Å². The molecule has 140 valence electrons. The molecular formula is C21H33NO3. The average Bonchev–Trinajstić information content (AvgIpc) is 2.60. The van der Waals surface area contributed by atoms with Crippen LogP contribution in [0.1, 0.15) is 57.4 Å². The Morgan fingerprint density at radius 2 is 1.72 bits per heavy atom. The van der Waals surface area contributed by atoms with Crippen LogP contribution in [0.25, 0.3) is 0 Å². The highest BCUT2D eigenvalue weighted by molar-refractivity contribution is 5.29. The Balaban J connectivity index is 1.43. The normalized spacial score (nSPS) is 27.2. The van der Waals surface area contributed by atoms with E-state index in [1.54, 1.807) is 0 Å². The molecule has 0 unspecified atom stereocenters. The van der Waals surface area contributed by atoms with Crippen LogP contribution >= 0.6 is 0 Å². The van der Waals surface area contributed by atoms with E-state index in [-0.39, 0.29) is 12.2 Å². The summed E-state index contributed by atoms with van der Waals surface area (Å²) in [5.41, 5.74) is 1.43. The fourth-order valence-corrected chi connectivity index (χ4v) is 4.25. The van der Waals surface area contributed by atoms with Gasteiger partial charge >= 0.3 is 0 Å². The van der Waals surface area contributed by atoms with Crippen molar-refractivity contribution in [2.75, 3.05) is 26.2 Å². The van der Waals surface area contributed by atoms with Gasteiger partial charge in [0.1, 0.15) is 18.5 Å². The molecule has 1 N–H and O–H groups in total. The van der Waals surface area contributed by atoms with E-state index >= 15 is 0 Å². The molecule has 1 saturated heterocycles. The molecular weight excluding hydrogens is 314 g/mol. The molecule has 25 heavy (non-hydrogen) atoms. The molecule has 0 aromatic heterocycles. The summed E-state index contributed by atoms with van der Waals surface area (Å²) >= 11 is 0. The molecule has 1 aliphatic carbocycles. The van der Waals surface area contributed by atoms with Gasteiger partial charge in [-0.25, -0.2) is 0 Å². The van der Waals surface area contributed by atoms with Crippen LogP contribution in [-0.2, 0) is 4.74 Å². The van der Waals surface area contributed by atoms with E-state index in [0.717, 1.165) is 24.8 Å². The molecule has 3 rings (SSSR count). The van der Waals surface area contributed by atoms with E-state index in [0.29, 0.717) is 13.2 Å². The van der Waals surface area contributed by atoms with Gasteiger partial charge in [0.15, 0.2) is 0 Å². The van der Waals surface area contributed by atoms with Crippen molar-refractivity contribution in [3.63, 3.8) is 0 Å². The highest BCUT2D eigenvalue weighted by Crippen LogP contribution is 2.33. The lowest BCUT2D eigenvalue weighted by atomic mass is 9.84. The summed E-state index contributed by atoms with van der Waals surface area (Å²) in [5.74, 6) is 1.57. The smallest absolute Gasteiger partial charge is 0.119 e. The van der Waals surface area contributed by atoms with E-state index in [1.807, 2.05) is 0 Å². The minimum atomic E-state index is -0.476. The van der Waals surface area contributed by atoms with Gasteiger partial charge in [-0.05, 0) is 50.3 Å². The highest BCUT2D eigenvalue weighted by Gasteiger charge is 2.24. The molecule has 1 aromatic rings. The number of aliphatic hydroxyl groups excluding tert-OH is 1. The summed E-state index contributed by atoms with van der Waals surface area (Å²) in [4.78, 5) is 2.26. The van der Waals surface area contributed by atoms with Crippen molar-refractivity contribution in [3.05, 3.63) is 29.8 Å². The maximum absolute atomic E-state index is 10.3. The molecule has 0 bridgehead atoms. The first-order valence-electron chi connectivity index (χ1n) is 9.89. The highest BCUT2D eigenvalue weighted by atomic mass is 16.5. The van der Waals surface area contributed by atoms with Gasteiger partial charge in [0, 0.05) is 19.6 Å². The molecule has 3 atom stereocenters. The monoisotopic (exact) mass is 347 g/mol. The van der Waals surface area contributed by atoms with Gasteiger partial charge in [-0.2, -0.15) is 0 Å². The van der Waals surface area contributed by atoms with Gasteiger partial charge in [0.05, 0.1) is 12.2 Å². The standard InChI is InChI=1S/C21H33NO3/c1-16-12-22(13-17(2)25-16)14-20(23)15-24-21-10-8-19(9-11-21)18-6-4-3-5-7-18/h8-11,16-18,20,23H,3-7,12-15H2,1-2H3/t16-,17+,20-/m0/s1. The van der Waals surface area contributed by atoms with Crippen LogP contribution in [-0.4, -0.2) is 54.6 Å². The van der Waals surface area contributed by atoms with E-state index in [1.165, 1.54) is 37.7 Å². The Morgan fingerprint density at radius 1 is 1.08 bits per heavy atom. The number of nitrogens with zero attached hydrogens (tertiary/aromatic N) is 1. The Labute approximate surface area is 152 Å². The van der Waals surface area contributed by atoms with E-state index in [9.17, 15) is 5.11 Å². The predicted octanol–water partition coefficient (Wildman–Crippen LogP) is 3.58. The fourth-order valence-electron chi connectivity index (χ4n) is 4.25. The first-order chi connectivity index (χ1) is 12.1. The first kappa shape index (κ1) is 18.7. The van der Waals surface area contributed by atoms with Crippen molar-refractivity contribution in [2.45, 2.75) is 70.2 Å². The number of benzene rings is 1. The second-order valence-corrected chi connectivity index (χ2v) is 7.84. The zero-order chi connectivity index (χ0) is 17.6. The summed E-state index contributed by atoms with van der Waals surface area (Å²) in [6.45, 7) is 6.88. The van der Waals surface area contributed by atoms with E-state index in [4.69, 9.17) is 9.47 Å². The van der Waals surface area contributed by atoms with Gasteiger partial charge in [-0.1, -0.05) is 31.4 Å². The van der Waals surface area contributed by atoms with Crippen molar-refractivity contribution in [1.82, 2.24) is 4.90 Å². The molecule has 4 nitrogen and oxygen atoms in total. The SMILES string of the molecule is C[C@@H]1CN(C[C@H](O)COc2ccc(C3CCCCC3)cc2)C[C@H](C)O1. The molecule has 2 aliphatic rings. The lowest BCUT2D eigenvalue weighted by Crippen LogP contribution is -2.48. The van der Waals surface area contributed by atoms with Crippen molar-refractivity contribution < 1.29 is 14.6 Å². The number of hydrogen-bond donors (Lipinski definition) is 1. The van der Waals surface area contributed by atoms with Crippen LogP contribution in [0.2, 0.25) is 0 Å². The largest absolute Gasteiger partial charge is 0.491 e. The zero-order valence-corrected chi connectivity index (χ0v) is 15.7. The first-order valence-corrected chi connectivity index (χ1v) is 9.89. The molecule has 2 fully saturated rings. The Kier molecular flexibility index (Phi) is 6.74. The minimum Gasteiger partial charge on any atom is -0.491 e. The van der Waals surface area contributed by atoms with Crippen LogP contribution in [0.3, 0.4) is 0 Å². The number of aliphatic hydroxyl groups is 1. The zero-order valence-electron chi connectivity index (χ0n) is 15.7. The fraction of sp³-hybridized carbons (Fsp3) is 0.714. The number of rotatable bonds is 6. The van der Waals surface area contributed by atoms with Crippen molar-refractivity contribution in [1.29, 1.82) is 0 Å². The van der Waals surface area contributed by atoms with Gasteiger partial charge in [-0.3, -0.25) is 4.90 Å². The van der Waals surface area contributed by atoms with Gasteiger partial charge in [0.2, 0.25) is 0 Å². The van der Waals surface area contributed by atoms with Crippen molar-refractivity contribution in [3.8, 4) is 5.75 Å². The Bertz CT molecular complexity index is 502. The Hall–Kier alpha value is -1.10. The summed E-state index contributed by atoms with van der Waals surface area (Å²) in [7, 11) is 0. The second kappa shape index (κ2) is 9.02. The predicted molar refractivity (Wildman–Crippen MR) is 100 cm³/mol. The lowest BCUT2D eigenvalue weighted by molar-refractivity contribution is -0.0786. The molecule has 0 spiro atoms. The van der Waals surface area contributed by atoms with Crippen molar-refractivity contribution in [2.24, 2.45) is 0 Å². The number of hydrogen-bond acceptors (Lipinski definition) is 4. The molecule has 4 heteroatoms. The number of morpholine rings is 1. The summed E-state index contributed by atoms with van der Waals surface area (Å²) in [6, 6.07) is 8.50. The molecule has 1 aliphatic heterocycles. The van der Waals surface area contributed by atoms with E-state index < -0.39 is 6.10 Å². The third-order valence-electron chi connectivity index (χ3n) is 5.36.